The Kier molecular flexibility index (Phi) is 4.21. The summed E-state index contributed by atoms with van der Waals surface area (Å²) in [6.07, 6.45) is 4.49. The van der Waals surface area contributed by atoms with E-state index >= 15 is 0 Å². The van der Waals surface area contributed by atoms with Crippen LogP contribution in [0.3, 0.4) is 0 Å². The molecule has 1 fully saturated rings. The van der Waals surface area contributed by atoms with Crippen molar-refractivity contribution in [1.82, 2.24) is 10.3 Å². The lowest BCUT2D eigenvalue weighted by atomic mass is 10.3. The number of hydrogen-bond acceptors (Lipinski definition) is 3. The summed E-state index contributed by atoms with van der Waals surface area (Å²) in [5.74, 6) is 0. The molecular formula is C15H15BrN2S. The minimum atomic E-state index is 0.728. The molecular weight excluding hydrogens is 320 g/mol. The molecule has 19 heavy (non-hydrogen) atoms. The molecule has 0 amide bonds. The maximum Gasteiger partial charge on any atom is 0.105 e. The van der Waals surface area contributed by atoms with Crippen LogP contribution in [0.5, 0.6) is 0 Å². The van der Waals surface area contributed by atoms with Crippen LogP contribution in [0.1, 0.15) is 18.4 Å². The highest BCUT2D eigenvalue weighted by Crippen LogP contribution is 2.30. The Bertz CT molecular complexity index is 552. The van der Waals surface area contributed by atoms with Crippen molar-refractivity contribution in [2.45, 2.75) is 35.3 Å². The van der Waals surface area contributed by atoms with Crippen molar-refractivity contribution in [1.29, 1.82) is 0 Å². The Balaban J connectivity index is 1.73. The molecule has 4 heteroatoms. The van der Waals surface area contributed by atoms with Crippen molar-refractivity contribution in [2.75, 3.05) is 0 Å². The fourth-order valence-corrected chi connectivity index (χ4v) is 2.95. The molecule has 0 radical (unpaired) electrons. The molecule has 3 rings (SSSR count). The quantitative estimate of drug-likeness (QED) is 0.884. The molecule has 1 heterocycles. The minimum Gasteiger partial charge on any atom is -0.310 e. The molecule has 0 atom stereocenters. The standard InChI is InChI=1S/C15H15BrN2S/c16-12-3-7-14(8-4-12)19-15-11(2-1-9-17-15)10-18-13-5-6-13/h1-4,7-9,13,18H,5-6,10H2. The van der Waals surface area contributed by atoms with Crippen LogP contribution in [0.25, 0.3) is 0 Å². The number of rotatable bonds is 5. The summed E-state index contributed by atoms with van der Waals surface area (Å²) >= 11 is 5.18. The molecule has 0 aliphatic heterocycles. The minimum absolute atomic E-state index is 0.728. The molecule has 0 spiro atoms. The monoisotopic (exact) mass is 334 g/mol. The van der Waals surface area contributed by atoms with Gasteiger partial charge >= 0.3 is 0 Å². The summed E-state index contributed by atoms with van der Waals surface area (Å²) in [4.78, 5) is 5.72. The smallest absolute Gasteiger partial charge is 0.105 e. The Morgan fingerprint density at radius 1 is 1.21 bits per heavy atom. The molecule has 2 nitrogen and oxygen atoms in total. The van der Waals surface area contributed by atoms with Crippen molar-refractivity contribution in [2.24, 2.45) is 0 Å². The maximum atomic E-state index is 4.51. The van der Waals surface area contributed by atoms with Crippen LogP contribution in [0.15, 0.2) is 57.0 Å². The molecule has 0 unspecified atom stereocenters. The summed E-state index contributed by atoms with van der Waals surface area (Å²) in [6, 6.07) is 13.2. The topological polar surface area (TPSA) is 24.9 Å². The van der Waals surface area contributed by atoms with Crippen LogP contribution < -0.4 is 5.32 Å². The van der Waals surface area contributed by atoms with E-state index in [4.69, 9.17) is 0 Å². The molecule has 1 aromatic heterocycles. The number of nitrogens with zero attached hydrogens (tertiary/aromatic N) is 1. The van der Waals surface area contributed by atoms with Crippen molar-refractivity contribution in [3.63, 3.8) is 0 Å². The lowest BCUT2D eigenvalue weighted by molar-refractivity contribution is 0.675. The average molecular weight is 335 g/mol. The van der Waals surface area contributed by atoms with Gasteiger partial charge in [0.1, 0.15) is 5.03 Å². The third-order valence-corrected chi connectivity index (χ3v) is 4.63. The Hall–Kier alpha value is -0.840. The normalized spacial score (nSPS) is 14.6. The number of halogens is 1. The maximum absolute atomic E-state index is 4.51. The summed E-state index contributed by atoms with van der Waals surface area (Å²) in [6.45, 7) is 0.914. The van der Waals surface area contributed by atoms with Crippen molar-refractivity contribution in [3.05, 3.63) is 52.6 Å². The third-order valence-electron chi connectivity index (χ3n) is 3.04. The summed E-state index contributed by atoms with van der Waals surface area (Å²) < 4.78 is 1.11. The van der Waals surface area contributed by atoms with E-state index in [9.17, 15) is 0 Å². The third kappa shape index (κ3) is 3.81. The van der Waals surface area contributed by atoms with E-state index in [1.54, 1.807) is 11.8 Å². The Morgan fingerprint density at radius 3 is 2.74 bits per heavy atom. The second-order valence-corrected chi connectivity index (χ2v) is 6.66. The molecule has 98 valence electrons. The molecule has 1 aliphatic carbocycles. The van der Waals surface area contributed by atoms with E-state index < -0.39 is 0 Å². The first-order valence-corrected chi connectivity index (χ1v) is 8.03. The van der Waals surface area contributed by atoms with Crippen LogP contribution in [-0.4, -0.2) is 11.0 Å². The molecule has 1 saturated carbocycles. The molecule has 1 aromatic carbocycles. The predicted octanol–water partition coefficient (Wildman–Crippen LogP) is 4.25. The zero-order valence-corrected chi connectivity index (χ0v) is 12.9. The fourth-order valence-electron chi connectivity index (χ4n) is 1.81. The SMILES string of the molecule is Brc1ccc(Sc2ncccc2CNC2CC2)cc1. The molecule has 2 aromatic rings. The van der Waals surface area contributed by atoms with Crippen LogP contribution >= 0.6 is 27.7 Å². The zero-order chi connectivity index (χ0) is 13.1. The van der Waals surface area contributed by atoms with Gasteiger partial charge in [-0.05, 0) is 48.7 Å². The van der Waals surface area contributed by atoms with E-state index in [-0.39, 0.29) is 0 Å². The van der Waals surface area contributed by atoms with Gasteiger partial charge in [0.25, 0.3) is 0 Å². The van der Waals surface area contributed by atoms with Gasteiger partial charge in [0.2, 0.25) is 0 Å². The lowest BCUT2D eigenvalue weighted by Crippen LogP contribution is -2.16. The predicted molar refractivity (Wildman–Crippen MR) is 82.4 cm³/mol. The van der Waals surface area contributed by atoms with Crippen molar-refractivity contribution in [3.8, 4) is 0 Å². The first-order valence-electron chi connectivity index (χ1n) is 6.42. The second kappa shape index (κ2) is 6.07. The van der Waals surface area contributed by atoms with E-state index in [1.807, 2.05) is 12.3 Å². The van der Waals surface area contributed by atoms with E-state index in [0.29, 0.717) is 0 Å². The van der Waals surface area contributed by atoms with Gasteiger partial charge in [0.05, 0.1) is 0 Å². The van der Waals surface area contributed by atoms with Crippen LogP contribution in [0.4, 0.5) is 0 Å². The highest BCUT2D eigenvalue weighted by atomic mass is 79.9. The first kappa shape index (κ1) is 13.2. The number of pyridine rings is 1. The Labute approximate surface area is 126 Å². The van der Waals surface area contributed by atoms with E-state index in [1.165, 1.54) is 23.3 Å². The summed E-state index contributed by atoms with van der Waals surface area (Å²) in [5, 5.41) is 4.64. The molecule has 0 saturated heterocycles. The molecule has 1 aliphatic rings. The number of aromatic nitrogens is 1. The molecule has 0 bridgehead atoms. The van der Waals surface area contributed by atoms with E-state index in [2.05, 4.69) is 56.6 Å². The number of benzene rings is 1. The number of hydrogen-bond donors (Lipinski definition) is 1. The first-order chi connectivity index (χ1) is 9.31. The van der Waals surface area contributed by atoms with Crippen molar-refractivity contribution < 1.29 is 0 Å². The van der Waals surface area contributed by atoms with Gasteiger partial charge in [-0.15, -0.1) is 0 Å². The van der Waals surface area contributed by atoms with Gasteiger partial charge in [0, 0.05) is 28.2 Å². The summed E-state index contributed by atoms with van der Waals surface area (Å²) in [7, 11) is 0. The highest BCUT2D eigenvalue weighted by Gasteiger charge is 2.20. The van der Waals surface area contributed by atoms with Crippen molar-refractivity contribution >= 4 is 27.7 Å². The van der Waals surface area contributed by atoms with Crippen LogP contribution in [0.2, 0.25) is 0 Å². The highest BCUT2D eigenvalue weighted by molar-refractivity contribution is 9.10. The Morgan fingerprint density at radius 2 is 2.00 bits per heavy atom. The largest absolute Gasteiger partial charge is 0.310 e. The average Bonchev–Trinajstić information content (AvgIpc) is 3.25. The van der Waals surface area contributed by atoms with Gasteiger partial charge < -0.3 is 5.32 Å². The zero-order valence-electron chi connectivity index (χ0n) is 10.5. The lowest BCUT2D eigenvalue weighted by Gasteiger charge is -2.08. The van der Waals surface area contributed by atoms with Gasteiger partial charge in [-0.25, -0.2) is 4.98 Å². The number of nitrogens with one attached hydrogen (secondary N) is 1. The van der Waals surface area contributed by atoms with Gasteiger partial charge in [-0.2, -0.15) is 0 Å². The summed E-state index contributed by atoms with van der Waals surface area (Å²) in [5.41, 5.74) is 1.28. The van der Waals surface area contributed by atoms with Gasteiger partial charge in [-0.3, -0.25) is 0 Å². The fraction of sp³-hybridized carbons (Fsp3) is 0.267. The van der Waals surface area contributed by atoms with Crippen LogP contribution in [0, 0.1) is 0 Å². The van der Waals surface area contributed by atoms with Gasteiger partial charge in [-0.1, -0.05) is 33.8 Å². The van der Waals surface area contributed by atoms with Gasteiger partial charge in [0.15, 0.2) is 0 Å². The van der Waals surface area contributed by atoms with Crippen LogP contribution in [-0.2, 0) is 6.54 Å². The second-order valence-electron chi connectivity index (χ2n) is 4.68. The molecule has 1 N–H and O–H groups in total. The van der Waals surface area contributed by atoms with E-state index in [0.717, 1.165) is 22.1 Å².